The summed E-state index contributed by atoms with van der Waals surface area (Å²) >= 11 is -0.106. The summed E-state index contributed by atoms with van der Waals surface area (Å²) in [6.45, 7) is 0. The number of hydrogen-bond acceptors (Lipinski definition) is 2. The van der Waals surface area contributed by atoms with Crippen LogP contribution in [0.1, 0.15) is 0 Å². The molecule has 9 heavy (non-hydrogen) atoms. The molecule has 0 heterocycles. The summed E-state index contributed by atoms with van der Waals surface area (Å²) in [6.07, 6.45) is 0. The van der Waals surface area contributed by atoms with Gasteiger partial charge in [-0.25, -0.2) is 9.59 Å². The summed E-state index contributed by atoms with van der Waals surface area (Å²) in [6, 6.07) is 0. The Morgan fingerprint density at radius 2 is 1.22 bits per heavy atom. The van der Waals surface area contributed by atoms with E-state index < -0.39 is 11.9 Å². The summed E-state index contributed by atoms with van der Waals surface area (Å²) in [5.41, 5.74) is 0. The minimum absolute atomic E-state index is 0.106. The molecular formula is C2H2Cl2O4Pd. The van der Waals surface area contributed by atoms with E-state index in [1.54, 1.807) is 0 Å². The third kappa shape index (κ3) is 17.9. The molecule has 0 radical (unpaired) electrons. The Morgan fingerprint density at radius 3 is 1.22 bits per heavy atom. The van der Waals surface area contributed by atoms with Crippen LogP contribution in [0.3, 0.4) is 0 Å². The third-order valence-electron chi connectivity index (χ3n) is 0.183. The first-order chi connectivity index (χ1) is 4.06. The summed E-state index contributed by atoms with van der Waals surface area (Å²) < 4.78 is 0. The minimum atomic E-state index is -1.82. The van der Waals surface area contributed by atoms with E-state index in [2.05, 4.69) is 0 Å². The van der Waals surface area contributed by atoms with Crippen LogP contribution in [0.5, 0.6) is 0 Å². The van der Waals surface area contributed by atoms with Crippen molar-refractivity contribution in [2.75, 3.05) is 0 Å². The SMILES string of the molecule is O=C(O)C(=O)O.[Cl][Pd][Cl]. The predicted octanol–water partition coefficient (Wildman–Crippen LogP) is 0.532. The number of aliphatic carboxylic acids is 2. The molecule has 0 atom stereocenters. The number of carboxylic acid groups (broad SMARTS) is 2. The molecular weight excluding hydrogens is 265 g/mol. The van der Waals surface area contributed by atoms with Crippen LogP contribution in [0.2, 0.25) is 0 Å². The van der Waals surface area contributed by atoms with Crippen molar-refractivity contribution in [2.24, 2.45) is 0 Å². The van der Waals surface area contributed by atoms with Crippen molar-refractivity contribution in [1.82, 2.24) is 0 Å². The first-order valence-corrected chi connectivity index (χ1v) is 5.35. The van der Waals surface area contributed by atoms with Gasteiger partial charge in [0.15, 0.2) is 0 Å². The summed E-state index contributed by atoms with van der Waals surface area (Å²) in [7, 11) is 9.63. The molecule has 0 saturated carbocycles. The van der Waals surface area contributed by atoms with Crippen LogP contribution in [-0.2, 0) is 25.5 Å². The predicted molar refractivity (Wildman–Crippen MR) is 27.0 cm³/mol. The zero-order chi connectivity index (χ0) is 7.86. The van der Waals surface area contributed by atoms with E-state index in [1.807, 2.05) is 0 Å². The van der Waals surface area contributed by atoms with Crippen molar-refractivity contribution < 1.29 is 35.7 Å². The van der Waals surface area contributed by atoms with Crippen molar-refractivity contribution in [3.8, 4) is 0 Å². The molecule has 0 aromatic heterocycles. The molecule has 4 nitrogen and oxygen atoms in total. The first kappa shape index (κ1) is 11.9. The third-order valence-corrected chi connectivity index (χ3v) is 0.183. The van der Waals surface area contributed by atoms with Gasteiger partial charge >= 0.3 is 46.9 Å². The fraction of sp³-hybridized carbons (Fsp3) is 0. The van der Waals surface area contributed by atoms with Crippen LogP contribution in [0.15, 0.2) is 0 Å². The Hall–Kier alpha value is 0.182. The van der Waals surface area contributed by atoms with E-state index in [9.17, 15) is 0 Å². The Bertz CT molecular complexity index is 92.7. The van der Waals surface area contributed by atoms with Crippen LogP contribution >= 0.6 is 19.1 Å². The second kappa shape index (κ2) is 8.18. The molecule has 0 aliphatic rings. The molecule has 0 saturated heterocycles. The average molecular weight is 267 g/mol. The quantitative estimate of drug-likeness (QED) is 0.496. The number of hydrogen-bond donors (Lipinski definition) is 2. The molecule has 0 unspecified atom stereocenters. The van der Waals surface area contributed by atoms with Crippen molar-refractivity contribution in [3.63, 3.8) is 0 Å². The summed E-state index contributed by atoms with van der Waals surface area (Å²) in [4.78, 5) is 18.2. The van der Waals surface area contributed by atoms with Gasteiger partial charge in [-0.15, -0.1) is 0 Å². The normalized spacial score (nSPS) is 7.33. The first-order valence-electron chi connectivity index (χ1n) is 1.34. The molecule has 0 fully saturated rings. The molecule has 0 aromatic rings. The second-order valence-corrected chi connectivity index (χ2v) is 3.02. The van der Waals surface area contributed by atoms with E-state index >= 15 is 0 Å². The van der Waals surface area contributed by atoms with Gasteiger partial charge in [0.05, 0.1) is 0 Å². The maximum atomic E-state index is 9.10. The number of carbonyl (C=O) groups is 2. The molecule has 0 amide bonds. The standard InChI is InChI=1S/C2H2O4.2ClH.Pd/c3-1(4)2(5)6;;;/h(H,3,4)(H,5,6);2*1H;/q;;;+2/p-2. The van der Waals surface area contributed by atoms with Crippen LogP contribution in [-0.4, -0.2) is 22.2 Å². The fourth-order valence-electron chi connectivity index (χ4n) is 0. The number of rotatable bonds is 0. The van der Waals surface area contributed by atoms with Crippen molar-refractivity contribution >= 4 is 31.0 Å². The molecule has 0 aromatic carbocycles. The maximum absolute atomic E-state index is 9.10. The Balaban J connectivity index is 0. The fourth-order valence-corrected chi connectivity index (χ4v) is 0. The van der Waals surface area contributed by atoms with E-state index in [0.717, 1.165) is 0 Å². The van der Waals surface area contributed by atoms with Crippen molar-refractivity contribution in [1.29, 1.82) is 0 Å². The van der Waals surface area contributed by atoms with Gasteiger partial charge in [0.1, 0.15) is 0 Å². The van der Waals surface area contributed by atoms with Gasteiger partial charge in [-0.05, 0) is 0 Å². The van der Waals surface area contributed by atoms with E-state index in [0.29, 0.717) is 0 Å². The van der Waals surface area contributed by atoms with Gasteiger partial charge < -0.3 is 10.2 Å². The Morgan fingerprint density at radius 1 is 1.11 bits per heavy atom. The number of halogens is 2. The van der Waals surface area contributed by atoms with Gasteiger partial charge in [-0.2, -0.15) is 0 Å². The summed E-state index contributed by atoms with van der Waals surface area (Å²) in [5, 5.41) is 14.8. The van der Waals surface area contributed by atoms with Gasteiger partial charge in [-0.3, -0.25) is 0 Å². The molecule has 2 N–H and O–H groups in total. The van der Waals surface area contributed by atoms with E-state index in [1.165, 1.54) is 0 Å². The molecule has 0 rings (SSSR count). The zero-order valence-corrected chi connectivity index (χ0v) is 6.85. The molecule has 7 heteroatoms. The Kier molecular flexibility index (Phi) is 10.8. The number of carboxylic acids is 2. The van der Waals surface area contributed by atoms with Crippen LogP contribution in [0.4, 0.5) is 0 Å². The molecule has 58 valence electrons. The second-order valence-electron chi connectivity index (χ2n) is 0.655. The Labute approximate surface area is 66.9 Å². The van der Waals surface area contributed by atoms with Crippen molar-refractivity contribution in [3.05, 3.63) is 0 Å². The molecule has 0 spiro atoms. The van der Waals surface area contributed by atoms with Crippen LogP contribution in [0, 0.1) is 0 Å². The van der Waals surface area contributed by atoms with Gasteiger partial charge in [0, 0.05) is 0 Å². The van der Waals surface area contributed by atoms with Gasteiger partial charge in [-0.1, -0.05) is 0 Å². The van der Waals surface area contributed by atoms with Gasteiger partial charge in [0.2, 0.25) is 0 Å². The van der Waals surface area contributed by atoms with E-state index in [-0.39, 0.29) is 15.9 Å². The molecule has 0 bridgehead atoms. The van der Waals surface area contributed by atoms with Gasteiger partial charge in [0.25, 0.3) is 0 Å². The van der Waals surface area contributed by atoms with E-state index in [4.69, 9.17) is 38.9 Å². The van der Waals surface area contributed by atoms with Crippen LogP contribution < -0.4 is 0 Å². The van der Waals surface area contributed by atoms with Crippen molar-refractivity contribution in [2.45, 2.75) is 0 Å². The monoisotopic (exact) mass is 266 g/mol. The molecule has 0 aliphatic carbocycles. The topological polar surface area (TPSA) is 74.6 Å². The van der Waals surface area contributed by atoms with Crippen LogP contribution in [0.25, 0.3) is 0 Å². The zero-order valence-electron chi connectivity index (χ0n) is 3.78. The average Bonchev–Trinajstić information content (AvgIpc) is 1.68. The molecule has 0 aliphatic heterocycles. The summed E-state index contributed by atoms with van der Waals surface area (Å²) in [5.74, 6) is -3.65.